The number of hydrogen-bond donors (Lipinski definition) is 1. The lowest BCUT2D eigenvalue weighted by Crippen LogP contribution is -2.58. The van der Waals surface area contributed by atoms with E-state index in [4.69, 9.17) is 14.2 Å². The van der Waals surface area contributed by atoms with E-state index in [2.05, 4.69) is 10.3 Å². The molecule has 1 heterocycles. The molecule has 0 atom stereocenters. The molecule has 0 saturated carbocycles. The number of carbonyl (C=O) groups excluding carboxylic acids is 5. The van der Waals surface area contributed by atoms with Gasteiger partial charge in [-0.1, -0.05) is 32.0 Å². The minimum Gasteiger partial charge on any atom is -0.378 e. The maximum Gasteiger partial charge on any atom is 0.251 e. The van der Waals surface area contributed by atoms with Crippen LogP contribution in [0.3, 0.4) is 0 Å². The van der Waals surface area contributed by atoms with Crippen LogP contribution >= 0.6 is 0 Å². The van der Waals surface area contributed by atoms with Gasteiger partial charge in [-0.3, -0.25) is 29.0 Å². The van der Waals surface area contributed by atoms with Crippen molar-refractivity contribution in [1.82, 2.24) is 10.3 Å². The molecule has 2 rings (SSSR count). The number of ether oxygens (including phenoxy) is 3. The first kappa shape index (κ1) is 34.6. The van der Waals surface area contributed by atoms with Crippen molar-refractivity contribution in [2.24, 2.45) is 5.92 Å². The Morgan fingerprint density at radius 1 is 0.738 bits per heavy atom. The van der Waals surface area contributed by atoms with Crippen LogP contribution in [-0.2, 0) is 28.6 Å². The minimum absolute atomic E-state index is 0.0174. The van der Waals surface area contributed by atoms with E-state index in [1.165, 1.54) is 20.8 Å². The highest BCUT2D eigenvalue weighted by atomic mass is 16.5. The number of ketones is 4. The number of rotatable bonds is 20. The third kappa shape index (κ3) is 12.1. The molecule has 2 aromatic rings. The van der Waals surface area contributed by atoms with Crippen molar-refractivity contribution < 1.29 is 38.2 Å². The average molecular weight is 583 g/mol. The molecule has 0 aliphatic rings. The van der Waals surface area contributed by atoms with Crippen molar-refractivity contribution in [3.63, 3.8) is 0 Å². The predicted molar refractivity (Wildman–Crippen MR) is 157 cm³/mol. The summed E-state index contributed by atoms with van der Waals surface area (Å²) in [4.78, 5) is 64.1. The fourth-order valence-electron chi connectivity index (χ4n) is 3.83. The van der Waals surface area contributed by atoms with Gasteiger partial charge < -0.3 is 19.5 Å². The third-order valence-electron chi connectivity index (χ3n) is 6.45. The summed E-state index contributed by atoms with van der Waals surface area (Å²) in [6.07, 6.45) is 2.25. The molecular formula is C32H42N2O8. The first-order valence-corrected chi connectivity index (χ1v) is 14.1. The van der Waals surface area contributed by atoms with Crippen LogP contribution in [-0.4, -0.2) is 79.2 Å². The number of Topliss-reactive ketones (excluding diaryl/α,β-unsaturated/α-hetero) is 4. The second-order valence-corrected chi connectivity index (χ2v) is 10.7. The van der Waals surface area contributed by atoms with Gasteiger partial charge in [0.05, 0.1) is 39.6 Å². The van der Waals surface area contributed by atoms with Gasteiger partial charge in [0, 0.05) is 49.4 Å². The Bertz CT molecular complexity index is 1180. The SMILES string of the molecule is CC(=O)CCOCC(COCCC(C)=O)(COCCC(=O)C(C)C)NC(=O)c1ccc(-c2ccc(C(C)=O)nc2)cc1. The largest absolute Gasteiger partial charge is 0.378 e. The average Bonchev–Trinajstić information content (AvgIpc) is 2.95. The van der Waals surface area contributed by atoms with Gasteiger partial charge in [0.15, 0.2) is 5.78 Å². The molecule has 1 aromatic carbocycles. The van der Waals surface area contributed by atoms with Crippen molar-refractivity contribution in [1.29, 1.82) is 0 Å². The summed E-state index contributed by atoms with van der Waals surface area (Å²) >= 11 is 0. The molecule has 0 spiro atoms. The molecule has 0 aliphatic carbocycles. The molecule has 0 saturated heterocycles. The highest BCUT2D eigenvalue weighted by Gasteiger charge is 2.34. The van der Waals surface area contributed by atoms with Crippen LogP contribution < -0.4 is 5.32 Å². The van der Waals surface area contributed by atoms with Gasteiger partial charge in [-0.15, -0.1) is 0 Å². The van der Waals surface area contributed by atoms with Crippen molar-refractivity contribution in [3.8, 4) is 11.1 Å². The van der Waals surface area contributed by atoms with Crippen LogP contribution in [0.25, 0.3) is 11.1 Å². The van der Waals surface area contributed by atoms with Gasteiger partial charge in [0.25, 0.3) is 5.91 Å². The lowest BCUT2D eigenvalue weighted by atomic mass is 10.0. The third-order valence-corrected chi connectivity index (χ3v) is 6.45. The smallest absolute Gasteiger partial charge is 0.251 e. The predicted octanol–water partition coefficient (Wildman–Crippen LogP) is 4.04. The highest BCUT2D eigenvalue weighted by Crippen LogP contribution is 2.20. The van der Waals surface area contributed by atoms with Crippen LogP contribution in [0.2, 0.25) is 0 Å². The summed E-state index contributed by atoms with van der Waals surface area (Å²) in [7, 11) is 0. The van der Waals surface area contributed by atoms with E-state index in [0.717, 1.165) is 11.1 Å². The Balaban J connectivity index is 2.23. The van der Waals surface area contributed by atoms with Crippen molar-refractivity contribution >= 4 is 29.0 Å². The zero-order chi connectivity index (χ0) is 31.1. The molecule has 10 nitrogen and oxygen atoms in total. The molecule has 1 amide bonds. The Morgan fingerprint density at radius 3 is 1.67 bits per heavy atom. The topological polar surface area (TPSA) is 138 Å². The second-order valence-electron chi connectivity index (χ2n) is 10.7. The molecule has 1 N–H and O–H groups in total. The normalized spacial score (nSPS) is 11.4. The molecule has 0 unspecified atom stereocenters. The molecule has 0 aliphatic heterocycles. The Hall–Kier alpha value is -3.60. The lowest BCUT2D eigenvalue weighted by Gasteiger charge is -2.34. The standard InChI is InChI=1S/C32H42N2O8/c1-22(2)30(38)14-17-42-21-32(19-40-15-12-23(3)35,20-41-16-13-24(4)36)34-31(39)27-8-6-26(7-9-27)28-10-11-29(25(5)37)33-18-28/h6-11,18,22H,12-17,19-21H2,1-5H3,(H,34,39). The monoisotopic (exact) mass is 582 g/mol. The van der Waals surface area contributed by atoms with E-state index in [1.807, 2.05) is 13.8 Å². The number of nitrogens with zero attached hydrogens (tertiary/aromatic N) is 1. The maximum atomic E-state index is 13.4. The molecule has 0 fully saturated rings. The fraction of sp³-hybridized carbons (Fsp3) is 0.500. The zero-order valence-corrected chi connectivity index (χ0v) is 25.2. The van der Waals surface area contributed by atoms with Crippen molar-refractivity contribution in [2.75, 3.05) is 39.6 Å². The quantitative estimate of drug-likeness (QED) is 0.181. The molecule has 0 radical (unpaired) electrons. The van der Waals surface area contributed by atoms with E-state index in [1.54, 1.807) is 42.6 Å². The summed E-state index contributed by atoms with van der Waals surface area (Å²) < 4.78 is 17.4. The summed E-state index contributed by atoms with van der Waals surface area (Å²) in [6, 6.07) is 10.3. The van der Waals surface area contributed by atoms with E-state index in [9.17, 15) is 24.0 Å². The molecule has 228 valence electrons. The Labute approximate surface area is 247 Å². The number of pyridine rings is 1. The van der Waals surface area contributed by atoms with Crippen molar-refractivity contribution in [2.45, 2.75) is 59.4 Å². The second kappa shape index (κ2) is 17.4. The number of amides is 1. The van der Waals surface area contributed by atoms with Gasteiger partial charge >= 0.3 is 0 Å². The first-order valence-electron chi connectivity index (χ1n) is 14.1. The number of nitrogens with one attached hydrogen (secondary N) is 1. The minimum atomic E-state index is -1.16. The van der Waals surface area contributed by atoms with E-state index in [-0.39, 0.29) is 88.0 Å². The first-order chi connectivity index (χ1) is 19.9. The number of aromatic nitrogens is 1. The van der Waals surface area contributed by atoms with Gasteiger partial charge in [-0.25, -0.2) is 0 Å². The Kier molecular flexibility index (Phi) is 14.3. The van der Waals surface area contributed by atoms with E-state index >= 15 is 0 Å². The van der Waals surface area contributed by atoms with Crippen LogP contribution in [0, 0.1) is 5.92 Å². The summed E-state index contributed by atoms with van der Waals surface area (Å²) in [6.45, 7) is 8.43. The van der Waals surface area contributed by atoms with Gasteiger partial charge in [-0.05, 0) is 37.6 Å². The van der Waals surface area contributed by atoms with Crippen LogP contribution in [0.15, 0.2) is 42.6 Å². The van der Waals surface area contributed by atoms with Crippen molar-refractivity contribution in [3.05, 3.63) is 53.9 Å². The Morgan fingerprint density at radius 2 is 1.24 bits per heavy atom. The molecule has 1 aromatic heterocycles. The van der Waals surface area contributed by atoms with Gasteiger partial charge in [0.1, 0.15) is 28.6 Å². The number of carbonyl (C=O) groups is 5. The van der Waals surface area contributed by atoms with Crippen LogP contribution in [0.4, 0.5) is 0 Å². The van der Waals surface area contributed by atoms with E-state index in [0.29, 0.717) is 11.3 Å². The number of benzene rings is 1. The zero-order valence-electron chi connectivity index (χ0n) is 25.2. The summed E-state index contributed by atoms with van der Waals surface area (Å²) in [5, 5.41) is 2.99. The highest BCUT2D eigenvalue weighted by molar-refractivity contribution is 5.95. The van der Waals surface area contributed by atoms with Gasteiger partial charge in [0.2, 0.25) is 0 Å². The molecule has 42 heavy (non-hydrogen) atoms. The maximum absolute atomic E-state index is 13.4. The van der Waals surface area contributed by atoms with Gasteiger partial charge in [-0.2, -0.15) is 0 Å². The molecule has 0 bridgehead atoms. The van der Waals surface area contributed by atoms with Crippen LogP contribution in [0.1, 0.15) is 74.7 Å². The fourth-order valence-corrected chi connectivity index (χ4v) is 3.83. The molecule has 10 heteroatoms. The van der Waals surface area contributed by atoms with Crippen LogP contribution in [0.5, 0.6) is 0 Å². The van der Waals surface area contributed by atoms with E-state index < -0.39 is 11.4 Å². The molecular weight excluding hydrogens is 540 g/mol. The summed E-state index contributed by atoms with van der Waals surface area (Å²) in [5.74, 6) is -0.643. The summed E-state index contributed by atoms with van der Waals surface area (Å²) in [5.41, 5.74) is 1.20. The number of hydrogen-bond acceptors (Lipinski definition) is 9. The lowest BCUT2D eigenvalue weighted by molar-refractivity contribution is -0.123.